The van der Waals surface area contributed by atoms with Crippen LogP contribution in [0, 0.1) is 12.8 Å². The van der Waals surface area contributed by atoms with Gasteiger partial charge < -0.3 is 19.7 Å². The number of hydrogen-bond donors (Lipinski definition) is 1. The largest absolute Gasteiger partial charge is 0.497 e. The molecule has 8 heteroatoms. The first-order valence-corrected chi connectivity index (χ1v) is 12.1. The summed E-state index contributed by atoms with van der Waals surface area (Å²) < 4.78 is 12.2. The fraction of sp³-hybridized carbons (Fsp3) is 0.321. The van der Waals surface area contributed by atoms with Crippen LogP contribution in [0.2, 0.25) is 0 Å². The molecule has 4 aromatic rings. The van der Waals surface area contributed by atoms with Gasteiger partial charge in [-0.1, -0.05) is 12.1 Å². The molecule has 2 heterocycles. The quantitative estimate of drug-likeness (QED) is 0.384. The molecule has 0 spiro atoms. The fourth-order valence-electron chi connectivity index (χ4n) is 4.76. The van der Waals surface area contributed by atoms with E-state index in [4.69, 9.17) is 14.6 Å². The minimum atomic E-state index is -0.111. The monoisotopic (exact) mass is 486 g/mol. The highest BCUT2D eigenvalue weighted by Gasteiger charge is 2.31. The SMILES string of the molecule is COCCNC(=O)c1ccc2nn(CC3CN(C(=O)c4ccc5cc(OC)ccc5c4)C3)cc2c1C. The molecule has 0 bridgehead atoms. The van der Waals surface area contributed by atoms with Crippen LogP contribution in [0.4, 0.5) is 0 Å². The van der Waals surface area contributed by atoms with Crippen LogP contribution < -0.4 is 10.1 Å². The van der Waals surface area contributed by atoms with Crippen molar-refractivity contribution >= 4 is 33.5 Å². The summed E-state index contributed by atoms with van der Waals surface area (Å²) in [7, 11) is 3.25. The lowest BCUT2D eigenvalue weighted by Gasteiger charge is -2.39. The van der Waals surface area contributed by atoms with E-state index in [-0.39, 0.29) is 11.8 Å². The normalized spacial score (nSPS) is 13.7. The second kappa shape index (κ2) is 9.99. The summed E-state index contributed by atoms with van der Waals surface area (Å²) in [4.78, 5) is 27.4. The maximum absolute atomic E-state index is 13.0. The number of fused-ring (bicyclic) bond motifs is 2. The number of hydrogen-bond acceptors (Lipinski definition) is 5. The number of nitrogens with zero attached hydrogens (tertiary/aromatic N) is 3. The van der Waals surface area contributed by atoms with Crippen molar-refractivity contribution in [1.29, 1.82) is 0 Å². The van der Waals surface area contributed by atoms with Gasteiger partial charge in [-0.3, -0.25) is 14.3 Å². The molecule has 1 aliphatic heterocycles. The Morgan fingerprint density at radius 2 is 1.83 bits per heavy atom. The molecule has 186 valence electrons. The molecule has 1 fully saturated rings. The number of ether oxygens (including phenoxy) is 2. The second-order valence-electron chi connectivity index (χ2n) is 9.27. The molecule has 0 radical (unpaired) electrons. The zero-order valence-corrected chi connectivity index (χ0v) is 20.8. The smallest absolute Gasteiger partial charge is 0.253 e. The zero-order chi connectivity index (χ0) is 25.2. The Labute approximate surface area is 209 Å². The third-order valence-electron chi connectivity index (χ3n) is 6.83. The van der Waals surface area contributed by atoms with E-state index in [1.807, 2.05) is 71.2 Å². The number of benzene rings is 3. The van der Waals surface area contributed by atoms with Gasteiger partial charge in [0.25, 0.3) is 11.8 Å². The molecule has 1 saturated heterocycles. The van der Waals surface area contributed by atoms with Gasteiger partial charge in [-0.05, 0) is 59.7 Å². The fourth-order valence-corrected chi connectivity index (χ4v) is 4.76. The predicted molar refractivity (Wildman–Crippen MR) is 139 cm³/mol. The lowest BCUT2D eigenvalue weighted by atomic mass is 9.98. The van der Waals surface area contributed by atoms with Crippen molar-refractivity contribution < 1.29 is 19.1 Å². The summed E-state index contributed by atoms with van der Waals surface area (Å²) in [5, 5.41) is 10.6. The molecule has 2 amide bonds. The van der Waals surface area contributed by atoms with Gasteiger partial charge in [-0.2, -0.15) is 5.10 Å². The van der Waals surface area contributed by atoms with Crippen molar-refractivity contribution in [2.24, 2.45) is 5.92 Å². The number of rotatable bonds is 8. The Hall–Kier alpha value is -3.91. The third-order valence-corrected chi connectivity index (χ3v) is 6.83. The number of carbonyl (C=O) groups excluding carboxylic acids is 2. The maximum Gasteiger partial charge on any atom is 0.253 e. The Morgan fingerprint density at radius 3 is 2.61 bits per heavy atom. The summed E-state index contributed by atoms with van der Waals surface area (Å²) in [5.74, 6) is 1.08. The maximum atomic E-state index is 13.0. The molecule has 1 aromatic heterocycles. The van der Waals surface area contributed by atoms with Gasteiger partial charge in [0.05, 0.1) is 19.2 Å². The zero-order valence-electron chi connectivity index (χ0n) is 20.8. The number of carbonyl (C=O) groups is 2. The topological polar surface area (TPSA) is 85.7 Å². The van der Waals surface area contributed by atoms with E-state index < -0.39 is 0 Å². The summed E-state index contributed by atoms with van der Waals surface area (Å²) >= 11 is 0. The highest BCUT2D eigenvalue weighted by Crippen LogP contribution is 2.26. The summed E-state index contributed by atoms with van der Waals surface area (Å²) in [6.45, 7) is 5.01. The average molecular weight is 487 g/mol. The van der Waals surface area contributed by atoms with Crippen LogP contribution in [0.5, 0.6) is 5.75 Å². The lowest BCUT2D eigenvalue weighted by Crippen LogP contribution is -2.51. The van der Waals surface area contributed by atoms with E-state index in [2.05, 4.69) is 5.32 Å². The second-order valence-corrected chi connectivity index (χ2v) is 9.27. The summed E-state index contributed by atoms with van der Waals surface area (Å²) in [6, 6.07) is 15.3. The summed E-state index contributed by atoms with van der Waals surface area (Å²) in [6.07, 6.45) is 2.00. The molecule has 8 nitrogen and oxygen atoms in total. The number of methoxy groups -OCH3 is 2. The van der Waals surface area contributed by atoms with Crippen LogP contribution in [-0.2, 0) is 11.3 Å². The molecular weight excluding hydrogens is 456 g/mol. The lowest BCUT2D eigenvalue weighted by molar-refractivity contribution is 0.0462. The number of likely N-dealkylation sites (tertiary alicyclic amines) is 1. The van der Waals surface area contributed by atoms with Crippen LogP contribution in [0.15, 0.2) is 54.7 Å². The van der Waals surface area contributed by atoms with E-state index >= 15 is 0 Å². The molecular formula is C28H30N4O4. The van der Waals surface area contributed by atoms with Crippen molar-refractivity contribution in [3.8, 4) is 5.75 Å². The van der Waals surface area contributed by atoms with Crippen LogP contribution in [-0.4, -0.2) is 67.0 Å². The van der Waals surface area contributed by atoms with Crippen molar-refractivity contribution in [1.82, 2.24) is 20.0 Å². The Morgan fingerprint density at radius 1 is 1.06 bits per heavy atom. The van der Waals surface area contributed by atoms with Crippen molar-refractivity contribution in [2.75, 3.05) is 40.5 Å². The standard InChI is InChI=1S/C28H30N4O4/c1-18-24(27(33)29-10-11-35-2)8-9-26-25(18)17-32(30-26)16-19-14-31(15-19)28(34)22-5-4-21-13-23(36-3)7-6-20(21)12-22/h4-9,12-13,17,19H,10-11,14-16H2,1-3H3,(H,29,33). The van der Waals surface area contributed by atoms with E-state index in [9.17, 15) is 9.59 Å². The minimum absolute atomic E-state index is 0.0505. The van der Waals surface area contributed by atoms with Gasteiger partial charge in [-0.15, -0.1) is 0 Å². The molecule has 1 aliphatic rings. The van der Waals surface area contributed by atoms with Crippen molar-refractivity contribution in [3.05, 3.63) is 71.4 Å². The Bertz CT molecular complexity index is 1440. The number of amides is 2. The minimum Gasteiger partial charge on any atom is -0.497 e. The molecule has 3 aromatic carbocycles. The Balaban J connectivity index is 1.22. The van der Waals surface area contributed by atoms with Crippen LogP contribution in [0.3, 0.4) is 0 Å². The number of nitrogens with one attached hydrogen (secondary N) is 1. The van der Waals surface area contributed by atoms with Crippen LogP contribution in [0.1, 0.15) is 26.3 Å². The molecule has 0 unspecified atom stereocenters. The predicted octanol–water partition coefficient (Wildman–Crippen LogP) is 3.65. The molecule has 1 N–H and O–H groups in total. The molecule has 0 saturated carbocycles. The van der Waals surface area contributed by atoms with E-state index in [0.29, 0.717) is 43.3 Å². The molecule has 5 rings (SSSR count). The first kappa shape index (κ1) is 23.8. The van der Waals surface area contributed by atoms with E-state index in [1.54, 1.807) is 14.2 Å². The highest BCUT2D eigenvalue weighted by atomic mass is 16.5. The van der Waals surface area contributed by atoms with Gasteiger partial charge in [-0.25, -0.2) is 0 Å². The van der Waals surface area contributed by atoms with E-state index in [1.165, 1.54) is 0 Å². The van der Waals surface area contributed by atoms with Crippen LogP contribution in [0.25, 0.3) is 21.7 Å². The number of aryl methyl sites for hydroxylation is 1. The third kappa shape index (κ3) is 4.64. The number of aromatic nitrogens is 2. The highest BCUT2D eigenvalue weighted by molar-refractivity contribution is 6.01. The average Bonchev–Trinajstić information content (AvgIpc) is 3.29. The van der Waals surface area contributed by atoms with Crippen molar-refractivity contribution in [2.45, 2.75) is 13.5 Å². The van der Waals surface area contributed by atoms with Gasteiger partial charge in [0.1, 0.15) is 5.75 Å². The van der Waals surface area contributed by atoms with Gasteiger partial charge >= 0.3 is 0 Å². The molecule has 0 aliphatic carbocycles. The van der Waals surface area contributed by atoms with Gasteiger partial charge in [0, 0.05) is 61.9 Å². The first-order chi connectivity index (χ1) is 17.5. The Kier molecular flexibility index (Phi) is 6.61. The molecule has 0 atom stereocenters. The van der Waals surface area contributed by atoms with Gasteiger partial charge in [0.2, 0.25) is 0 Å². The first-order valence-electron chi connectivity index (χ1n) is 12.1. The van der Waals surface area contributed by atoms with Gasteiger partial charge in [0.15, 0.2) is 0 Å². The molecule has 36 heavy (non-hydrogen) atoms. The van der Waals surface area contributed by atoms with E-state index in [0.717, 1.165) is 39.5 Å². The van der Waals surface area contributed by atoms with Crippen molar-refractivity contribution in [3.63, 3.8) is 0 Å². The van der Waals surface area contributed by atoms with Crippen LogP contribution >= 0.6 is 0 Å². The summed E-state index contributed by atoms with van der Waals surface area (Å²) in [5.41, 5.74) is 3.12.